The van der Waals surface area contributed by atoms with Crippen LogP contribution in [0.4, 0.5) is 5.82 Å². The quantitative estimate of drug-likeness (QED) is 0.407. The minimum Gasteiger partial charge on any atom is -0.357 e. The second kappa shape index (κ2) is 9.96. The summed E-state index contributed by atoms with van der Waals surface area (Å²) in [4.78, 5) is 20.6. The molecule has 0 unspecified atom stereocenters. The van der Waals surface area contributed by atoms with Crippen molar-refractivity contribution in [2.24, 2.45) is 0 Å². The molecule has 172 valence electrons. The Hall–Kier alpha value is -3.85. The summed E-state index contributed by atoms with van der Waals surface area (Å²) in [5.41, 5.74) is 3.85. The molecule has 4 aromatic rings. The number of nitriles is 1. The zero-order valence-electron chi connectivity index (χ0n) is 19.4. The third-order valence-corrected chi connectivity index (χ3v) is 6.66. The molecule has 1 aliphatic rings. The van der Waals surface area contributed by atoms with Gasteiger partial charge in [-0.05, 0) is 43.2 Å². The standard InChI is InChI=1S/C28H29N5O/c29-19-24-25-26(28(34)32(21-30-25)18-10-15-22-11-4-1-5-12-22)33(20-23-13-6-2-7-14-23)27(24)31-16-8-3-9-17-31/h1-2,4-7,11-14,21H,3,8-10,15-18,20H2. The number of benzene rings is 2. The highest BCUT2D eigenvalue weighted by Crippen LogP contribution is 2.32. The molecule has 0 radical (unpaired) electrons. The van der Waals surface area contributed by atoms with Crippen LogP contribution in [0.15, 0.2) is 71.8 Å². The first-order valence-corrected chi connectivity index (χ1v) is 12.1. The number of hydrogen-bond donors (Lipinski definition) is 0. The number of anilines is 1. The molecule has 0 saturated carbocycles. The molecule has 2 aromatic heterocycles. The zero-order chi connectivity index (χ0) is 23.3. The number of nitrogens with zero attached hydrogens (tertiary/aromatic N) is 5. The van der Waals surface area contributed by atoms with Crippen LogP contribution >= 0.6 is 0 Å². The summed E-state index contributed by atoms with van der Waals surface area (Å²) in [5.74, 6) is 0.840. The van der Waals surface area contributed by atoms with E-state index in [1.807, 2.05) is 41.0 Å². The van der Waals surface area contributed by atoms with Crippen molar-refractivity contribution in [2.45, 2.75) is 45.2 Å². The number of hydrogen-bond acceptors (Lipinski definition) is 4. The van der Waals surface area contributed by atoms with Gasteiger partial charge in [-0.2, -0.15) is 5.26 Å². The van der Waals surface area contributed by atoms with Gasteiger partial charge < -0.3 is 9.47 Å². The Bertz CT molecular complexity index is 1360. The van der Waals surface area contributed by atoms with Gasteiger partial charge in [0.05, 0.1) is 6.33 Å². The van der Waals surface area contributed by atoms with Gasteiger partial charge in [0.25, 0.3) is 5.56 Å². The van der Waals surface area contributed by atoms with Gasteiger partial charge in [-0.3, -0.25) is 9.36 Å². The summed E-state index contributed by atoms with van der Waals surface area (Å²) >= 11 is 0. The Morgan fingerprint density at radius 2 is 1.59 bits per heavy atom. The van der Waals surface area contributed by atoms with E-state index in [0.717, 1.165) is 50.2 Å². The first-order valence-electron chi connectivity index (χ1n) is 12.1. The van der Waals surface area contributed by atoms with E-state index in [1.54, 1.807) is 10.9 Å². The SMILES string of the molecule is N#Cc1c(N2CCCCC2)n(Cc2ccccc2)c2c(=O)n(CCCc3ccccc3)cnc12. The number of rotatable bonds is 7. The van der Waals surface area contributed by atoms with Crippen LogP contribution in [-0.2, 0) is 19.5 Å². The van der Waals surface area contributed by atoms with Crippen molar-refractivity contribution in [1.82, 2.24) is 14.1 Å². The Morgan fingerprint density at radius 1 is 0.912 bits per heavy atom. The lowest BCUT2D eigenvalue weighted by atomic mass is 10.1. The lowest BCUT2D eigenvalue weighted by Crippen LogP contribution is -2.32. The Balaban J connectivity index is 1.57. The molecule has 0 spiro atoms. The molecule has 1 aliphatic heterocycles. The van der Waals surface area contributed by atoms with Gasteiger partial charge in [-0.25, -0.2) is 4.98 Å². The summed E-state index contributed by atoms with van der Waals surface area (Å²) in [6.07, 6.45) is 6.75. The highest BCUT2D eigenvalue weighted by molar-refractivity contribution is 5.89. The van der Waals surface area contributed by atoms with Crippen molar-refractivity contribution < 1.29 is 0 Å². The second-order valence-electron chi connectivity index (χ2n) is 8.96. The molecular formula is C28H29N5O. The lowest BCUT2D eigenvalue weighted by Gasteiger charge is -2.30. The molecule has 3 heterocycles. The number of aromatic nitrogens is 3. The van der Waals surface area contributed by atoms with Crippen LogP contribution in [0.2, 0.25) is 0 Å². The van der Waals surface area contributed by atoms with Gasteiger partial charge in [0.2, 0.25) is 0 Å². The minimum absolute atomic E-state index is 0.0752. The monoisotopic (exact) mass is 451 g/mol. The topological polar surface area (TPSA) is 66.8 Å². The van der Waals surface area contributed by atoms with E-state index in [-0.39, 0.29) is 5.56 Å². The fourth-order valence-corrected chi connectivity index (χ4v) is 4.97. The molecule has 0 N–H and O–H groups in total. The van der Waals surface area contributed by atoms with Gasteiger partial charge in [-0.15, -0.1) is 0 Å². The van der Waals surface area contributed by atoms with Gasteiger partial charge in [-0.1, -0.05) is 60.7 Å². The predicted octanol–water partition coefficient (Wildman–Crippen LogP) is 4.74. The fraction of sp³-hybridized carbons (Fsp3) is 0.321. The minimum atomic E-state index is -0.0752. The molecule has 6 nitrogen and oxygen atoms in total. The lowest BCUT2D eigenvalue weighted by molar-refractivity contribution is 0.564. The highest BCUT2D eigenvalue weighted by atomic mass is 16.1. The van der Waals surface area contributed by atoms with E-state index in [4.69, 9.17) is 0 Å². The average Bonchev–Trinajstić information content (AvgIpc) is 3.21. The molecule has 1 fully saturated rings. The molecule has 1 saturated heterocycles. The molecule has 0 atom stereocenters. The van der Waals surface area contributed by atoms with Crippen molar-refractivity contribution in [3.63, 3.8) is 0 Å². The Kier molecular flexibility index (Phi) is 6.44. The summed E-state index contributed by atoms with van der Waals surface area (Å²) in [6, 6.07) is 22.8. The summed E-state index contributed by atoms with van der Waals surface area (Å²) in [5, 5.41) is 10.1. The second-order valence-corrected chi connectivity index (χ2v) is 8.96. The van der Waals surface area contributed by atoms with E-state index < -0.39 is 0 Å². The number of aryl methyl sites for hydroxylation is 2. The Labute approximate surface area is 199 Å². The fourth-order valence-electron chi connectivity index (χ4n) is 4.97. The van der Waals surface area contributed by atoms with Crippen LogP contribution in [0.1, 0.15) is 42.4 Å². The van der Waals surface area contributed by atoms with Crippen molar-refractivity contribution >= 4 is 16.9 Å². The molecular weight excluding hydrogens is 422 g/mol. The zero-order valence-corrected chi connectivity index (χ0v) is 19.4. The molecule has 5 rings (SSSR count). The molecule has 0 aliphatic carbocycles. The van der Waals surface area contributed by atoms with Crippen LogP contribution in [0, 0.1) is 11.3 Å². The van der Waals surface area contributed by atoms with Crippen molar-refractivity contribution in [1.29, 1.82) is 5.26 Å². The number of piperidine rings is 1. The van der Waals surface area contributed by atoms with Crippen molar-refractivity contribution in [3.05, 3.63) is 94.0 Å². The first-order chi connectivity index (χ1) is 16.8. The normalized spacial score (nSPS) is 13.8. The van der Waals surface area contributed by atoms with Crippen molar-refractivity contribution in [2.75, 3.05) is 18.0 Å². The van der Waals surface area contributed by atoms with E-state index in [0.29, 0.717) is 29.7 Å². The van der Waals surface area contributed by atoms with E-state index >= 15 is 0 Å². The maximum Gasteiger partial charge on any atom is 0.277 e. The smallest absolute Gasteiger partial charge is 0.277 e. The number of fused-ring (bicyclic) bond motifs is 1. The molecule has 0 amide bonds. The molecule has 6 heteroatoms. The van der Waals surface area contributed by atoms with Crippen molar-refractivity contribution in [3.8, 4) is 6.07 Å². The van der Waals surface area contributed by atoms with Crippen LogP contribution in [-0.4, -0.2) is 27.2 Å². The van der Waals surface area contributed by atoms with Crippen LogP contribution < -0.4 is 10.5 Å². The highest BCUT2D eigenvalue weighted by Gasteiger charge is 2.26. The van der Waals surface area contributed by atoms with E-state index in [9.17, 15) is 10.1 Å². The third-order valence-electron chi connectivity index (χ3n) is 6.66. The van der Waals surface area contributed by atoms with Crippen LogP contribution in [0.25, 0.3) is 11.0 Å². The van der Waals surface area contributed by atoms with E-state index in [2.05, 4.69) is 40.2 Å². The molecule has 2 aromatic carbocycles. The van der Waals surface area contributed by atoms with Crippen LogP contribution in [0.3, 0.4) is 0 Å². The molecule has 34 heavy (non-hydrogen) atoms. The van der Waals surface area contributed by atoms with Gasteiger partial charge >= 0.3 is 0 Å². The molecule has 0 bridgehead atoms. The first kappa shape index (κ1) is 22.0. The predicted molar refractivity (Wildman–Crippen MR) is 135 cm³/mol. The third kappa shape index (κ3) is 4.34. The average molecular weight is 452 g/mol. The summed E-state index contributed by atoms with van der Waals surface area (Å²) < 4.78 is 3.74. The summed E-state index contributed by atoms with van der Waals surface area (Å²) in [6.45, 7) is 2.92. The van der Waals surface area contributed by atoms with E-state index in [1.165, 1.54) is 12.0 Å². The van der Waals surface area contributed by atoms with Gasteiger partial charge in [0.15, 0.2) is 0 Å². The summed E-state index contributed by atoms with van der Waals surface area (Å²) in [7, 11) is 0. The maximum absolute atomic E-state index is 13.7. The van der Waals surface area contributed by atoms with Gasteiger partial charge in [0.1, 0.15) is 28.5 Å². The maximum atomic E-state index is 13.7. The Morgan fingerprint density at radius 3 is 2.26 bits per heavy atom. The van der Waals surface area contributed by atoms with Gasteiger partial charge in [0, 0.05) is 26.2 Å². The largest absolute Gasteiger partial charge is 0.357 e. The van der Waals surface area contributed by atoms with Crippen LogP contribution in [0.5, 0.6) is 0 Å².